The van der Waals surface area contributed by atoms with E-state index in [1.807, 2.05) is 5.32 Å². The zero-order valence-corrected chi connectivity index (χ0v) is 8.75. The fraction of sp³-hybridized carbons (Fsp3) is 0.875. The highest BCUT2D eigenvalue weighted by atomic mass is 16.5. The average molecular weight is 236 g/mol. The van der Waals surface area contributed by atoms with Gasteiger partial charge >= 0.3 is 0 Å². The number of nitrogens with one attached hydrogen (secondary N) is 1. The average Bonchev–Trinajstić information content (AvgIpc) is 2.14. The molecule has 1 aliphatic heterocycles. The Morgan fingerprint density at radius 1 is 1.62 bits per heavy atom. The van der Waals surface area contributed by atoms with E-state index in [1.54, 1.807) is 0 Å². The number of carbonyl (C=O) groups is 1. The second-order valence-electron chi connectivity index (χ2n) is 3.88. The fourth-order valence-corrected chi connectivity index (χ4v) is 1.61. The van der Waals surface area contributed by atoms with Crippen LogP contribution >= 0.6 is 0 Å². The summed E-state index contributed by atoms with van der Waals surface area (Å²) in [5.74, 6) is -0.622. The summed E-state index contributed by atoms with van der Waals surface area (Å²) >= 11 is 0. The molecule has 94 valence electrons. The summed E-state index contributed by atoms with van der Waals surface area (Å²) in [5, 5.41) is 40.1. The first-order valence-electron chi connectivity index (χ1n) is 4.67. The van der Waals surface area contributed by atoms with Gasteiger partial charge in [0.25, 0.3) is 0 Å². The van der Waals surface area contributed by atoms with Crippen molar-refractivity contribution in [2.75, 3.05) is 13.2 Å². The third-order valence-electron chi connectivity index (χ3n) is 2.47. The first-order chi connectivity index (χ1) is 7.24. The standard InChI is InChI=1S/C8H16N2O6/c1-4(12)10-7(14)3-16-5(2-11)8(9,15)6(7)13/h5-6,11,13-15H,2-3,9H2,1H3,(H,10,12)/t5-,6-,7+,8+/m1/s1. The third kappa shape index (κ3) is 2.17. The first-order valence-corrected chi connectivity index (χ1v) is 4.67. The lowest BCUT2D eigenvalue weighted by Gasteiger charge is -2.48. The molecule has 0 aromatic heterocycles. The van der Waals surface area contributed by atoms with Gasteiger partial charge in [-0.05, 0) is 0 Å². The molecule has 0 aliphatic carbocycles. The number of aliphatic hydroxyl groups is 4. The van der Waals surface area contributed by atoms with Gasteiger partial charge in [-0.3, -0.25) is 10.5 Å². The molecule has 0 unspecified atom stereocenters. The maximum absolute atomic E-state index is 10.8. The summed E-state index contributed by atoms with van der Waals surface area (Å²) in [6.07, 6.45) is -3.12. The molecule has 7 N–H and O–H groups in total. The number of aliphatic hydroxyl groups excluding tert-OH is 2. The van der Waals surface area contributed by atoms with Crippen molar-refractivity contribution in [1.29, 1.82) is 0 Å². The molecule has 8 heteroatoms. The smallest absolute Gasteiger partial charge is 0.219 e. The van der Waals surface area contributed by atoms with E-state index < -0.39 is 42.8 Å². The van der Waals surface area contributed by atoms with Crippen molar-refractivity contribution < 1.29 is 30.0 Å². The van der Waals surface area contributed by atoms with E-state index in [2.05, 4.69) is 0 Å². The number of carbonyl (C=O) groups excluding carboxylic acids is 1. The Bertz CT molecular complexity index is 284. The van der Waals surface area contributed by atoms with Crippen LogP contribution in [0, 0.1) is 0 Å². The van der Waals surface area contributed by atoms with Crippen LogP contribution in [-0.2, 0) is 9.53 Å². The highest BCUT2D eigenvalue weighted by molar-refractivity contribution is 5.73. The molecule has 1 rings (SSSR count). The molecule has 1 heterocycles. The van der Waals surface area contributed by atoms with E-state index >= 15 is 0 Å². The Hall–Kier alpha value is -0.770. The summed E-state index contributed by atoms with van der Waals surface area (Å²) in [4.78, 5) is 10.8. The minimum atomic E-state index is -2.36. The van der Waals surface area contributed by atoms with Crippen LogP contribution in [0.4, 0.5) is 0 Å². The molecule has 1 aliphatic rings. The lowest BCUT2D eigenvalue weighted by molar-refractivity contribution is -0.289. The molecule has 0 saturated carbocycles. The number of hydrogen-bond donors (Lipinski definition) is 6. The van der Waals surface area contributed by atoms with Crippen LogP contribution in [0.2, 0.25) is 0 Å². The summed E-state index contributed by atoms with van der Waals surface area (Å²) in [7, 11) is 0. The Kier molecular flexibility index (Phi) is 3.53. The topological polar surface area (TPSA) is 145 Å². The van der Waals surface area contributed by atoms with E-state index in [-0.39, 0.29) is 0 Å². The molecular weight excluding hydrogens is 220 g/mol. The zero-order valence-electron chi connectivity index (χ0n) is 8.75. The quantitative estimate of drug-likeness (QED) is 0.270. The molecule has 1 fully saturated rings. The molecule has 0 radical (unpaired) electrons. The predicted molar refractivity (Wildman–Crippen MR) is 50.7 cm³/mol. The van der Waals surface area contributed by atoms with Crippen LogP contribution in [0.5, 0.6) is 0 Å². The fourth-order valence-electron chi connectivity index (χ4n) is 1.61. The van der Waals surface area contributed by atoms with E-state index in [1.165, 1.54) is 0 Å². The molecular formula is C8H16N2O6. The summed E-state index contributed by atoms with van der Waals surface area (Å²) in [6, 6.07) is 0. The van der Waals surface area contributed by atoms with Gasteiger partial charge in [0.2, 0.25) is 5.91 Å². The van der Waals surface area contributed by atoms with Gasteiger partial charge in [0.15, 0.2) is 11.4 Å². The number of ether oxygens (including phenoxy) is 1. The monoisotopic (exact) mass is 236 g/mol. The van der Waals surface area contributed by atoms with Crippen molar-refractivity contribution in [2.45, 2.75) is 30.6 Å². The molecule has 4 atom stereocenters. The van der Waals surface area contributed by atoms with Crippen LogP contribution in [0.25, 0.3) is 0 Å². The second kappa shape index (κ2) is 4.24. The number of nitrogens with two attached hydrogens (primary N) is 1. The molecule has 1 saturated heterocycles. The molecule has 1 amide bonds. The van der Waals surface area contributed by atoms with E-state index in [0.29, 0.717) is 0 Å². The van der Waals surface area contributed by atoms with Gasteiger partial charge < -0.3 is 30.5 Å². The van der Waals surface area contributed by atoms with Crippen molar-refractivity contribution in [3.63, 3.8) is 0 Å². The molecule has 8 nitrogen and oxygen atoms in total. The van der Waals surface area contributed by atoms with Gasteiger partial charge in [-0.15, -0.1) is 0 Å². The van der Waals surface area contributed by atoms with E-state index in [0.717, 1.165) is 6.92 Å². The lowest BCUT2D eigenvalue weighted by atomic mass is 9.89. The summed E-state index contributed by atoms with van der Waals surface area (Å²) < 4.78 is 4.88. The van der Waals surface area contributed by atoms with Crippen molar-refractivity contribution in [1.82, 2.24) is 5.32 Å². The summed E-state index contributed by atoms with van der Waals surface area (Å²) in [5.41, 5.74) is 0.800. The largest absolute Gasteiger partial charge is 0.393 e. The molecule has 0 bridgehead atoms. The second-order valence-corrected chi connectivity index (χ2v) is 3.88. The van der Waals surface area contributed by atoms with Crippen LogP contribution in [-0.4, -0.2) is 63.2 Å². The minimum Gasteiger partial charge on any atom is -0.393 e. The van der Waals surface area contributed by atoms with Crippen molar-refractivity contribution >= 4 is 5.91 Å². The van der Waals surface area contributed by atoms with Crippen molar-refractivity contribution in [3.05, 3.63) is 0 Å². The highest BCUT2D eigenvalue weighted by Gasteiger charge is 2.56. The van der Waals surface area contributed by atoms with Gasteiger partial charge in [-0.25, -0.2) is 0 Å². The number of rotatable bonds is 2. The third-order valence-corrected chi connectivity index (χ3v) is 2.47. The van der Waals surface area contributed by atoms with Crippen molar-refractivity contribution in [2.24, 2.45) is 5.73 Å². The van der Waals surface area contributed by atoms with E-state index in [4.69, 9.17) is 15.6 Å². The number of amides is 1. The van der Waals surface area contributed by atoms with E-state index in [9.17, 15) is 20.1 Å². The van der Waals surface area contributed by atoms with Crippen molar-refractivity contribution in [3.8, 4) is 0 Å². The van der Waals surface area contributed by atoms with Crippen LogP contribution in [0.15, 0.2) is 0 Å². The van der Waals surface area contributed by atoms with Gasteiger partial charge in [0.1, 0.15) is 12.2 Å². The van der Waals surface area contributed by atoms with Crippen LogP contribution < -0.4 is 11.1 Å². The normalized spacial score (nSPS) is 44.1. The van der Waals surface area contributed by atoms with Crippen LogP contribution in [0.1, 0.15) is 6.92 Å². The van der Waals surface area contributed by atoms with Gasteiger partial charge in [-0.2, -0.15) is 0 Å². The Morgan fingerprint density at radius 2 is 2.19 bits per heavy atom. The number of hydrogen-bond acceptors (Lipinski definition) is 7. The van der Waals surface area contributed by atoms with Gasteiger partial charge in [-0.1, -0.05) is 0 Å². The Morgan fingerprint density at radius 3 is 2.62 bits per heavy atom. The Balaban J connectivity index is 2.90. The van der Waals surface area contributed by atoms with Crippen LogP contribution in [0.3, 0.4) is 0 Å². The molecule has 0 spiro atoms. The summed E-state index contributed by atoms with van der Waals surface area (Å²) in [6.45, 7) is 0.0110. The molecule has 16 heavy (non-hydrogen) atoms. The molecule has 0 aromatic carbocycles. The maximum atomic E-state index is 10.8. The zero-order chi connectivity index (χ0) is 12.6. The maximum Gasteiger partial charge on any atom is 0.219 e. The predicted octanol–water partition coefficient (Wildman–Crippen LogP) is -3.79. The lowest BCUT2D eigenvalue weighted by Crippen LogP contribution is -2.77. The molecule has 0 aromatic rings. The van der Waals surface area contributed by atoms with Gasteiger partial charge in [0.05, 0.1) is 13.2 Å². The minimum absolute atomic E-state index is 0.488. The SMILES string of the molecule is CC(=O)N[C@]1(O)CO[C@H](CO)[C@](N)(O)[C@@H]1O. The highest BCUT2D eigenvalue weighted by Crippen LogP contribution is 2.27. The first kappa shape index (κ1) is 13.3. The Labute approximate surface area is 91.6 Å². The van der Waals surface area contributed by atoms with Gasteiger partial charge in [0, 0.05) is 6.92 Å².